The van der Waals surface area contributed by atoms with Gasteiger partial charge in [0.1, 0.15) is 5.75 Å². The molecule has 1 aromatic rings. The zero-order valence-electron chi connectivity index (χ0n) is 14.5. The van der Waals surface area contributed by atoms with E-state index < -0.39 is 0 Å². The first-order valence-electron chi connectivity index (χ1n) is 7.31. The molecule has 0 atom stereocenters. The van der Waals surface area contributed by atoms with Gasteiger partial charge in [0.2, 0.25) is 0 Å². The lowest BCUT2D eigenvalue weighted by molar-refractivity contribution is -0.122. The number of aliphatic imine (C=N–C) groups is 1. The van der Waals surface area contributed by atoms with E-state index >= 15 is 0 Å². The number of carbonyl (C=O) groups excluding carboxylic acids is 1. The SMILES string of the molecule is CCNC(=O)COc1cccc(CN=C(N(C)C)N(C)C)c1.I. The van der Waals surface area contributed by atoms with E-state index in [1.165, 1.54) is 0 Å². The summed E-state index contributed by atoms with van der Waals surface area (Å²) >= 11 is 0. The van der Waals surface area contributed by atoms with Gasteiger partial charge in [-0.15, -0.1) is 24.0 Å². The number of ether oxygens (including phenoxy) is 1. The van der Waals surface area contributed by atoms with Gasteiger partial charge in [0.15, 0.2) is 12.6 Å². The van der Waals surface area contributed by atoms with Crippen molar-refractivity contribution < 1.29 is 9.53 Å². The summed E-state index contributed by atoms with van der Waals surface area (Å²) in [5.41, 5.74) is 1.04. The van der Waals surface area contributed by atoms with Crippen LogP contribution in [0.2, 0.25) is 0 Å². The molecule has 6 nitrogen and oxygen atoms in total. The predicted molar refractivity (Wildman–Crippen MR) is 105 cm³/mol. The van der Waals surface area contributed by atoms with E-state index in [9.17, 15) is 4.79 Å². The summed E-state index contributed by atoms with van der Waals surface area (Å²) in [5, 5.41) is 2.70. The molecule has 0 aromatic heterocycles. The van der Waals surface area contributed by atoms with Gasteiger partial charge in [0.05, 0.1) is 6.54 Å². The molecule has 0 saturated carbocycles. The average molecular weight is 434 g/mol. The maximum atomic E-state index is 11.4. The van der Waals surface area contributed by atoms with Crippen LogP contribution in [0.1, 0.15) is 12.5 Å². The molecule has 7 heteroatoms. The van der Waals surface area contributed by atoms with Crippen molar-refractivity contribution in [3.8, 4) is 5.75 Å². The fourth-order valence-electron chi connectivity index (χ4n) is 1.98. The van der Waals surface area contributed by atoms with E-state index in [0.717, 1.165) is 11.5 Å². The molecule has 0 aliphatic carbocycles. The van der Waals surface area contributed by atoms with Crippen LogP contribution in [-0.4, -0.2) is 63.0 Å². The molecule has 0 unspecified atom stereocenters. The van der Waals surface area contributed by atoms with Crippen LogP contribution in [0.5, 0.6) is 5.75 Å². The number of nitrogens with one attached hydrogen (secondary N) is 1. The first-order valence-corrected chi connectivity index (χ1v) is 7.31. The second kappa shape index (κ2) is 11.1. The second-order valence-corrected chi connectivity index (χ2v) is 5.29. The summed E-state index contributed by atoms with van der Waals surface area (Å²) in [6.45, 7) is 3.07. The molecule has 1 N–H and O–H groups in total. The Morgan fingerprint density at radius 2 is 1.87 bits per heavy atom. The normalized spacial score (nSPS) is 9.43. The van der Waals surface area contributed by atoms with Crippen LogP contribution in [0.4, 0.5) is 0 Å². The molecule has 23 heavy (non-hydrogen) atoms. The summed E-state index contributed by atoms with van der Waals surface area (Å²) in [4.78, 5) is 19.9. The number of halogens is 1. The lowest BCUT2D eigenvalue weighted by atomic mass is 10.2. The highest BCUT2D eigenvalue weighted by molar-refractivity contribution is 14.0. The zero-order valence-corrected chi connectivity index (χ0v) is 16.8. The Hall–Kier alpha value is -1.51. The van der Waals surface area contributed by atoms with Crippen molar-refractivity contribution in [3.63, 3.8) is 0 Å². The molecule has 0 fully saturated rings. The van der Waals surface area contributed by atoms with E-state index in [1.807, 2.05) is 69.2 Å². The fourth-order valence-corrected chi connectivity index (χ4v) is 1.98. The second-order valence-electron chi connectivity index (χ2n) is 5.29. The van der Waals surface area contributed by atoms with Crippen LogP contribution in [-0.2, 0) is 11.3 Å². The molecular formula is C16H27IN4O2. The number of hydrogen-bond donors (Lipinski definition) is 1. The number of carbonyl (C=O) groups is 1. The molecule has 1 aromatic carbocycles. The van der Waals surface area contributed by atoms with Crippen LogP contribution < -0.4 is 10.1 Å². The highest BCUT2D eigenvalue weighted by Gasteiger charge is 2.05. The number of amides is 1. The van der Waals surface area contributed by atoms with Crippen molar-refractivity contribution in [3.05, 3.63) is 29.8 Å². The number of benzene rings is 1. The highest BCUT2D eigenvalue weighted by Crippen LogP contribution is 2.14. The van der Waals surface area contributed by atoms with Crippen LogP contribution >= 0.6 is 24.0 Å². The van der Waals surface area contributed by atoms with Crippen LogP contribution in [0.3, 0.4) is 0 Å². The van der Waals surface area contributed by atoms with Crippen molar-refractivity contribution in [1.29, 1.82) is 0 Å². The molecule has 0 spiro atoms. The standard InChI is InChI=1S/C16H26N4O2.HI/c1-6-17-15(21)12-22-14-9-7-8-13(10-14)11-18-16(19(2)3)20(4)5;/h7-10H,6,11-12H2,1-5H3,(H,17,21);1H. The maximum absolute atomic E-state index is 11.4. The summed E-state index contributed by atoms with van der Waals surface area (Å²) in [6.07, 6.45) is 0. The molecule has 130 valence electrons. The molecule has 0 aliphatic rings. The Kier molecular flexibility index (Phi) is 10.4. The van der Waals surface area contributed by atoms with Gasteiger partial charge in [-0.05, 0) is 24.6 Å². The Bertz CT molecular complexity index is 509. The summed E-state index contributed by atoms with van der Waals surface area (Å²) in [6, 6.07) is 7.64. The summed E-state index contributed by atoms with van der Waals surface area (Å²) in [7, 11) is 7.85. The molecule has 0 heterocycles. The average Bonchev–Trinajstić information content (AvgIpc) is 2.45. The van der Waals surface area contributed by atoms with E-state index in [4.69, 9.17) is 4.74 Å². The van der Waals surface area contributed by atoms with Crippen molar-refractivity contribution >= 4 is 35.8 Å². The molecule has 0 bridgehead atoms. The van der Waals surface area contributed by atoms with E-state index in [0.29, 0.717) is 18.8 Å². The monoisotopic (exact) mass is 434 g/mol. The number of rotatable bonds is 6. The minimum atomic E-state index is -0.117. The lowest BCUT2D eigenvalue weighted by Gasteiger charge is -2.22. The zero-order chi connectivity index (χ0) is 16.5. The Morgan fingerprint density at radius 3 is 2.43 bits per heavy atom. The molecule has 0 saturated heterocycles. The van der Waals surface area contributed by atoms with Gasteiger partial charge in [-0.3, -0.25) is 4.79 Å². The highest BCUT2D eigenvalue weighted by atomic mass is 127. The van der Waals surface area contributed by atoms with Gasteiger partial charge in [0, 0.05) is 34.7 Å². The van der Waals surface area contributed by atoms with E-state index in [2.05, 4.69) is 10.3 Å². The topological polar surface area (TPSA) is 57.2 Å². The van der Waals surface area contributed by atoms with Crippen molar-refractivity contribution in [2.24, 2.45) is 4.99 Å². The van der Waals surface area contributed by atoms with Crippen molar-refractivity contribution in [2.45, 2.75) is 13.5 Å². The first-order chi connectivity index (χ1) is 10.4. The summed E-state index contributed by atoms with van der Waals surface area (Å²) in [5.74, 6) is 1.46. The van der Waals surface area contributed by atoms with E-state index in [-0.39, 0.29) is 36.5 Å². The van der Waals surface area contributed by atoms with Crippen LogP contribution in [0.15, 0.2) is 29.3 Å². The number of hydrogen-bond acceptors (Lipinski definition) is 3. The first kappa shape index (κ1) is 21.5. The summed E-state index contributed by atoms with van der Waals surface area (Å²) < 4.78 is 5.48. The fraction of sp³-hybridized carbons (Fsp3) is 0.500. The van der Waals surface area contributed by atoms with Crippen LogP contribution in [0.25, 0.3) is 0 Å². The number of likely N-dealkylation sites (N-methyl/N-ethyl adjacent to an activating group) is 1. The molecule has 0 aliphatic heterocycles. The Balaban J connectivity index is 0.00000484. The molecule has 1 amide bonds. The lowest BCUT2D eigenvalue weighted by Crippen LogP contribution is -2.35. The molecule has 0 radical (unpaired) electrons. The van der Waals surface area contributed by atoms with Crippen molar-refractivity contribution in [2.75, 3.05) is 41.3 Å². The van der Waals surface area contributed by atoms with E-state index in [1.54, 1.807) is 0 Å². The Morgan fingerprint density at radius 1 is 1.22 bits per heavy atom. The minimum Gasteiger partial charge on any atom is -0.484 e. The third-order valence-corrected chi connectivity index (χ3v) is 2.85. The molecular weight excluding hydrogens is 407 g/mol. The van der Waals surface area contributed by atoms with Gasteiger partial charge in [-0.2, -0.15) is 0 Å². The number of guanidine groups is 1. The van der Waals surface area contributed by atoms with Gasteiger partial charge in [-0.1, -0.05) is 12.1 Å². The van der Waals surface area contributed by atoms with Crippen LogP contribution in [0, 0.1) is 0 Å². The van der Waals surface area contributed by atoms with Gasteiger partial charge < -0.3 is 19.9 Å². The van der Waals surface area contributed by atoms with Gasteiger partial charge in [0.25, 0.3) is 5.91 Å². The minimum absolute atomic E-state index is 0. The van der Waals surface area contributed by atoms with Gasteiger partial charge >= 0.3 is 0 Å². The largest absolute Gasteiger partial charge is 0.484 e. The molecule has 1 rings (SSSR count). The predicted octanol–water partition coefficient (Wildman–Crippen LogP) is 1.80. The Labute approximate surface area is 155 Å². The number of nitrogens with zero attached hydrogens (tertiary/aromatic N) is 3. The smallest absolute Gasteiger partial charge is 0.257 e. The maximum Gasteiger partial charge on any atom is 0.257 e. The van der Waals surface area contributed by atoms with Crippen molar-refractivity contribution in [1.82, 2.24) is 15.1 Å². The third-order valence-electron chi connectivity index (χ3n) is 2.85. The third kappa shape index (κ3) is 8.06. The van der Waals surface area contributed by atoms with Gasteiger partial charge in [-0.25, -0.2) is 4.99 Å². The quantitative estimate of drug-likeness (QED) is 0.422.